The van der Waals surface area contributed by atoms with Gasteiger partial charge in [0.25, 0.3) is 0 Å². The minimum atomic E-state index is 1.02. The highest BCUT2D eigenvalue weighted by atomic mass is 14.7. The molecule has 0 atom stereocenters. The van der Waals surface area contributed by atoms with Crippen molar-refractivity contribution < 1.29 is 0 Å². The highest BCUT2D eigenvalue weighted by Crippen LogP contribution is 2.25. The van der Waals surface area contributed by atoms with Gasteiger partial charge in [-0.05, 0) is 54.7 Å². The summed E-state index contributed by atoms with van der Waals surface area (Å²) in [6.07, 6.45) is 1.91. The molecule has 0 amide bonds. The molecule has 0 bridgehead atoms. The predicted octanol–water partition coefficient (Wildman–Crippen LogP) is 5.34. The van der Waals surface area contributed by atoms with E-state index in [2.05, 4.69) is 80.4 Å². The average molecular weight is 273 g/mol. The maximum Gasteiger partial charge on any atom is 0.0702 e. The fraction of sp³-hybridized carbons (Fsp3) is 0.150. The molecule has 3 rings (SSSR count). The van der Waals surface area contributed by atoms with Crippen LogP contribution >= 0.6 is 0 Å². The summed E-state index contributed by atoms with van der Waals surface area (Å²) in [4.78, 5) is 4.48. The summed E-state index contributed by atoms with van der Waals surface area (Å²) >= 11 is 0. The number of aromatic nitrogens is 1. The van der Waals surface area contributed by atoms with E-state index >= 15 is 0 Å². The molecule has 0 N–H and O–H groups in total. The fourth-order valence-corrected chi connectivity index (χ4v) is 2.39. The summed E-state index contributed by atoms with van der Waals surface area (Å²) in [6.45, 7) is 6.36. The lowest BCUT2D eigenvalue weighted by Gasteiger charge is -2.07. The zero-order valence-corrected chi connectivity index (χ0v) is 12.7. The van der Waals surface area contributed by atoms with Crippen LogP contribution < -0.4 is 0 Å². The monoisotopic (exact) mass is 273 g/mol. The Kier molecular flexibility index (Phi) is 3.57. The molecule has 3 aromatic rings. The molecule has 1 heterocycles. The van der Waals surface area contributed by atoms with Crippen molar-refractivity contribution in [3.8, 4) is 22.4 Å². The minimum absolute atomic E-state index is 1.02. The normalized spacial score (nSPS) is 10.6. The van der Waals surface area contributed by atoms with Gasteiger partial charge in [-0.2, -0.15) is 0 Å². The summed E-state index contributed by atoms with van der Waals surface area (Å²) < 4.78 is 0. The molecule has 2 aromatic carbocycles. The van der Waals surface area contributed by atoms with Crippen molar-refractivity contribution in [1.29, 1.82) is 0 Å². The molecular formula is C20H19N. The van der Waals surface area contributed by atoms with Gasteiger partial charge in [0.2, 0.25) is 0 Å². The maximum absolute atomic E-state index is 4.48. The first-order valence-corrected chi connectivity index (χ1v) is 7.24. The van der Waals surface area contributed by atoms with Crippen molar-refractivity contribution in [2.24, 2.45) is 0 Å². The highest BCUT2D eigenvalue weighted by molar-refractivity contribution is 5.69. The van der Waals surface area contributed by atoms with Crippen LogP contribution in [0.3, 0.4) is 0 Å². The third-order valence-electron chi connectivity index (χ3n) is 3.93. The lowest BCUT2D eigenvalue weighted by atomic mass is 9.99. The Morgan fingerprint density at radius 1 is 0.619 bits per heavy atom. The zero-order chi connectivity index (χ0) is 14.8. The first-order valence-electron chi connectivity index (χ1n) is 7.24. The average Bonchev–Trinajstić information content (AvgIpc) is 2.51. The standard InChI is InChI=1S/C20H19N/c1-14-4-11-20(21-13-14)18-9-7-17(8-10-18)19-6-5-15(2)16(3)12-19/h4-13H,1-3H3. The van der Waals surface area contributed by atoms with E-state index in [1.807, 2.05) is 6.20 Å². The lowest BCUT2D eigenvalue weighted by molar-refractivity contribution is 1.27. The summed E-state index contributed by atoms with van der Waals surface area (Å²) in [7, 11) is 0. The van der Waals surface area contributed by atoms with Gasteiger partial charge in [-0.1, -0.05) is 48.5 Å². The van der Waals surface area contributed by atoms with Crippen LogP contribution in [0.2, 0.25) is 0 Å². The van der Waals surface area contributed by atoms with Gasteiger partial charge < -0.3 is 0 Å². The van der Waals surface area contributed by atoms with E-state index in [9.17, 15) is 0 Å². The van der Waals surface area contributed by atoms with Gasteiger partial charge in [-0.3, -0.25) is 4.98 Å². The van der Waals surface area contributed by atoms with E-state index in [0.29, 0.717) is 0 Å². The van der Waals surface area contributed by atoms with Gasteiger partial charge in [-0.25, -0.2) is 0 Å². The van der Waals surface area contributed by atoms with E-state index in [1.165, 1.54) is 27.8 Å². The smallest absolute Gasteiger partial charge is 0.0702 e. The third kappa shape index (κ3) is 2.87. The lowest BCUT2D eigenvalue weighted by Crippen LogP contribution is -1.86. The van der Waals surface area contributed by atoms with E-state index in [4.69, 9.17) is 0 Å². The highest BCUT2D eigenvalue weighted by Gasteiger charge is 2.02. The van der Waals surface area contributed by atoms with Gasteiger partial charge in [0.15, 0.2) is 0 Å². The second kappa shape index (κ2) is 5.53. The Morgan fingerprint density at radius 3 is 1.90 bits per heavy atom. The molecule has 0 radical (unpaired) electrons. The second-order valence-corrected chi connectivity index (χ2v) is 5.60. The third-order valence-corrected chi connectivity index (χ3v) is 3.93. The van der Waals surface area contributed by atoms with Crippen molar-refractivity contribution >= 4 is 0 Å². The molecule has 0 aliphatic heterocycles. The van der Waals surface area contributed by atoms with E-state index in [1.54, 1.807) is 0 Å². The van der Waals surface area contributed by atoms with Crippen LogP contribution in [0.5, 0.6) is 0 Å². The van der Waals surface area contributed by atoms with Crippen LogP contribution in [0.15, 0.2) is 60.8 Å². The van der Waals surface area contributed by atoms with Gasteiger partial charge in [-0.15, -0.1) is 0 Å². The Bertz CT molecular complexity index is 753. The zero-order valence-electron chi connectivity index (χ0n) is 12.7. The van der Waals surface area contributed by atoms with Crippen molar-refractivity contribution in [3.05, 3.63) is 77.5 Å². The first kappa shape index (κ1) is 13.6. The van der Waals surface area contributed by atoms with Gasteiger partial charge in [0.1, 0.15) is 0 Å². The molecule has 104 valence electrons. The van der Waals surface area contributed by atoms with Gasteiger partial charge in [0, 0.05) is 11.8 Å². The van der Waals surface area contributed by atoms with Crippen molar-refractivity contribution in [2.75, 3.05) is 0 Å². The summed E-state index contributed by atoms with van der Waals surface area (Å²) in [5.41, 5.74) is 8.53. The summed E-state index contributed by atoms with van der Waals surface area (Å²) in [5, 5.41) is 0. The quantitative estimate of drug-likeness (QED) is 0.614. The summed E-state index contributed by atoms with van der Waals surface area (Å²) in [6, 6.07) is 19.4. The van der Waals surface area contributed by atoms with Crippen LogP contribution in [0.1, 0.15) is 16.7 Å². The molecular weight excluding hydrogens is 254 g/mol. The molecule has 1 nitrogen and oxygen atoms in total. The van der Waals surface area contributed by atoms with Crippen LogP contribution in [0, 0.1) is 20.8 Å². The fourth-order valence-electron chi connectivity index (χ4n) is 2.39. The Morgan fingerprint density at radius 2 is 1.29 bits per heavy atom. The summed E-state index contributed by atoms with van der Waals surface area (Å²) in [5.74, 6) is 0. The number of benzene rings is 2. The number of rotatable bonds is 2. The number of pyridine rings is 1. The SMILES string of the molecule is Cc1ccc(-c2ccc(-c3ccc(C)c(C)c3)cc2)nc1. The number of hydrogen-bond donors (Lipinski definition) is 0. The van der Waals surface area contributed by atoms with Crippen molar-refractivity contribution in [2.45, 2.75) is 20.8 Å². The number of hydrogen-bond acceptors (Lipinski definition) is 1. The van der Waals surface area contributed by atoms with Crippen LogP contribution in [-0.2, 0) is 0 Å². The van der Waals surface area contributed by atoms with Gasteiger partial charge in [0.05, 0.1) is 5.69 Å². The molecule has 1 aromatic heterocycles. The molecule has 1 heteroatoms. The molecule has 0 aliphatic rings. The van der Waals surface area contributed by atoms with Gasteiger partial charge >= 0.3 is 0 Å². The van der Waals surface area contributed by atoms with Crippen molar-refractivity contribution in [1.82, 2.24) is 4.98 Å². The largest absolute Gasteiger partial charge is 0.256 e. The predicted molar refractivity (Wildman–Crippen MR) is 89.3 cm³/mol. The van der Waals surface area contributed by atoms with E-state index < -0.39 is 0 Å². The first-order chi connectivity index (χ1) is 10.1. The molecule has 21 heavy (non-hydrogen) atoms. The number of aryl methyl sites for hydroxylation is 3. The van der Waals surface area contributed by atoms with Crippen LogP contribution in [0.25, 0.3) is 22.4 Å². The molecule has 0 aliphatic carbocycles. The molecule has 0 saturated heterocycles. The molecule has 0 saturated carbocycles. The van der Waals surface area contributed by atoms with Crippen molar-refractivity contribution in [3.63, 3.8) is 0 Å². The molecule has 0 fully saturated rings. The Labute approximate surface area is 126 Å². The minimum Gasteiger partial charge on any atom is -0.256 e. The maximum atomic E-state index is 4.48. The van der Waals surface area contributed by atoms with Crippen LogP contribution in [0.4, 0.5) is 0 Å². The topological polar surface area (TPSA) is 12.9 Å². The van der Waals surface area contributed by atoms with E-state index in [-0.39, 0.29) is 0 Å². The molecule has 0 unspecified atom stereocenters. The van der Waals surface area contributed by atoms with Crippen LogP contribution in [-0.4, -0.2) is 4.98 Å². The Hall–Kier alpha value is -2.41. The number of nitrogens with zero attached hydrogens (tertiary/aromatic N) is 1. The Balaban J connectivity index is 1.93. The molecule has 0 spiro atoms. The second-order valence-electron chi connectivity index (χ2n) is 5.60. The van der Waals surface area contributed by atoms with E-state index in [0.717, 1.165) is 11.3 Å².